The molecule has 5 rings (SSSR count). The Hall–Kier alpha value is -1.46. The Morgan fingerprint density at radius 2 is 2.07 bits per heavy atom. The van der Waals surface area contributed by atoms with Crippen LogP contribution in [-0.4, -0.2) is 55.2 Å². The van der Waals surface area contributed by atoms with Crippen molar-refractivity contribution in [2.24, 2.45) is 5.92 Å². The van der Waals surface area contributed by atoms with Crippen LogP contribution in [0.3, 0.4) is 0 Å². The van der Waals surface area contributed by atoms with E-state index in [-0.39, 0.29) is 17.6 Å². The van der Waals surface area contributed by atoms with Crippen molar-refractivity contribution < 1.29 is 9.53 Å². The monoisotopic (exact) mass is 391 g/mol. The van der Waals surface area contributed by atoms with Gasteiger partial charge in [0.15, 0.2) is 5.75 Å². The van der Waals surface area contributed by atoms with E-state index in [1.165, 1.54) is 12.8 Å². The number of hydrogen-bond acceptors (Lipinski definition) is 4. The molecule has 148 valence electrons. The fourth-order valence-electron chi connectivity index (χ4n) is 4.79. The first kappa shape index (κ1) is 18.9. The van der Waals surface area contributed by atoms with Gasteiger partial charge >= 0.3 is 0 Å². The number of carbonyl (C=O) groups is 1. The van der Waals surface area contributed by atoms with Crippen molar-refractivity contribution in [2.45, 2.75) is 51.7 Å². The van der Waals surface area contributed by atoms with Crippen molar-refractivity contribution >= 4 is 23.2 Å². The van der Waals surface area contributed by atoms with Crippen LogP contribution in [0.25, 0.3) is 0 Å². The first-order valence-corrected chi connectivity index (χ1v) is 10.5. The first-order chi connectivity index (χ1) is 12.9. The van der Waals surface area contributed by atoms with Crippen molar-refractivity contribution in [1.82, 2.24) is 10.2 Å². The Balaban J connectivity index is 1.63. The minimum atomic E-state index is -0.347. The minimum Gasteiger partial charge on any atom is -0.483 e. The van der Waals surface area contributed by atoms with Gasteiger partial charge in [-0.25, -0.2) is 0 Å². The Morgan fingerprint density at radius 1 is 1.33 bits per heavy atom. The molecule has 4 aliphatic heterocycles. The molecule has 0 saturated carbocycles. The molecule has 0 aliphatic carbocycles. The van der Waals surface area contributed by atoms with Crippen molar-refractivity contribution in [3.05, 3.63) is 22.7 Å². The molecule has 4 heterocycles. The topological polar surface area (TPSA) is 44.8 Å². The fourth-order valence-corrected chi connectivity index (χ4v) is 5.00. The number of benzene rings is 1. The SMILES string of the molecule is CCCN1CC(C)(C)Oc2c(C(=O)NC3CN4CCC3CC4)cc(Cl)cc21. The first-order valence-electron chi connectivity index (χ1n) is 10.2. The van der Waals surface area contributed by atoms with Crippen molar-refractivity contribution in [2.75, 3.05) is 37.6 Å². The second-order valence-electron chi connectivity index (χ2n) is 8.80. The highest BCUT2D eigenvalue weighted by Gasteiger charge is 2.38. The minimum absolute atomic E-state index is 0.0679. The summed E-state index contributed by atoms with van der Waals surface area (Å²) in [5.74, 6) is 1.19. The number of rotatable bonds is 4. The molecule has 0 radical (unpaired) electrons. The zero-order chi connectivity index (χ0) is 19.2. The largest absolute Gasteiger partial charge is 0.483 e. The highest BCUT2D eigenvalue weighted by Crippen LogP contribution is 2.42. The van der Waals surface area contributed by atoms with Gasteiger partial charge in [-0.15, -0.1) is 0 Å². The molecule has 0 spiro atoms. The molecular formula is C21H30ClN3O2. The number of hydrogen-bond donors (Lipinski definition) is 1. The smallest absolute Gasteiger partial charge is 0.255 e. The van der Waals surface area contributed by atoms with Crippen LogP contribution in [0, 0.1) is 5.92 Å². The van der Waals surface area contributed by atoms with Crippen LogP contribution in [0.5, 0.6) is 5.75 Å². The molecule has 2 bridgehead atoms. The average Bonchev–Trinajstić information content (AvgIpc) is 2.62. The molecule has 1 aromatic rings. The molecule has 0 aromatic heterocycles. The second-order valence-corrected chi connectivity index (χ2v) is 9.24. The van der Waals surface area contributed by atoms with E-state index in [4.69, 9.17) is 16.3 Å². The molecule has 1 atom stereocenters. The van der Waals surface area contributed by atoms with E-state index in [0.717, 1.165) is 44.8 Å². The number of carbonyl (C=O) groups excluding carboxylic acids is 1. The molecule has 1 amide bonds. The lowest BCUT2D eigenvalue weighted by molar-refractivity contribution is 0.0610. The van der Waals surface area contributed by atoms with Gasteiger partial charge in [0, 0.05) is 24.2 Å². The molecular weight excluding hydrogens is 362 g/mol. The quantitative estimate of drug-likeness (QED) is 0.852. The molecule has 6 heteroatoms. The van der Waals surface area contributed by atoms with Gasteiger partial charge in [0.1, 0.15) is 5.60 Å². The van der Waals surface area contributed by atoms with Crippen LogP contribution in [0.4, 0.5) is 5.69 Å². The Bertz CT molecular complexity index is 728. The summed E-state index contributed by atoms with van der Waals surface area (Å²) in [4.78, 5) is 17.9. The third-order valence-corrected chi connectivity index (χ3v) is 6.25. The van der Waals surface area contributed by atoms with Crippen molar-refractivity contribution in [3.63, 3.8) is 0 Å². The second kappa shape index (κ2) is 7.17. The van der Waals surface area contributed by atoms with Crippen LogP contribution in [0.2, 0.25) is 5.02 Å². The lowest BCUT2D eigenvalue weighted by Crippen LogP contribution is -2.57. The molecule has 5 nitrogen and oxygen atoms in total. The third-order valence-electron chi connectivity index (χ3n) is 6.04. The van der Waals surface area contributed by atoms with Gasteiger partial charge in [-0.2, -0.15) is 0 Å². The van der Waals surface area contributed by atoms with Crippen LogP contribution in [0.1, 0.15) is 50.4 Å². The van der Waals surface area contributed by atoms with E-state index in [1.807, 2.05) is 6.07 Å². The molecule has 27 heavy (non-hydrogen) atoms. The normalized spacial score (nSPS) is 28.4. The van der Waals surface area contributed by atoms with Crippen LogP contribution in [-0.2, 0) is 0 Å². The summed E-state index contributed by atoms with van der Waals surface area (Å²) in [7, 11) is 0. The van der Waals surface area contributed by atoms with Gasteiger partial charge in [-0.05, 0) is 64.3 Å². The van der Waals surface area contributed by atoms with Gasteiger partial charge in [-0.1, -0.05) is 18.5 Å². The summed E-state index contributed by atoms with van der Waals surface area (Å²) in [6.45, 7) is 11.3. The van der Waals surface area contributed by atoms with E-state index in [2.05, 4.69) is 35.9 Å². The Labute approximate surface area is 167 Å². The van der Waals surface area contributed by atoms with Crippen LogP contribution >= 0.6 is 11.6 Å². The molecule has 3 saturated heterocycles. The van der Waals surface area contributed by atoms with Gasteiger partial charge in [0.2, 0.25) is 0 Å². The standard InChI is InChI=1S/C21H30ClN3O2/c1-4-7-25-13-21(2,3)27-19-16(10-15(22)11-18(19)25)20(26)23-17-12-24-8-5-14(17)6-9-24/h10-11,14,17H,4-9,12-13H2,1-3H3,(H,23,26). The number of piperidine rings is 3. The average molecular weight is 392 g/mol. The number of amides is 1. The van der Waals surface area contributed by atoms with Crippen molar-refractivity contribution in [3.8, 4) is 5.75 Å². The molecule has 3 fully saturated rings. The number of nitrogens with one attached hydrogen (secondary N) is 1. The number of fused-ring (bicyclic) bond motifs is 4. The van der Waals surface area contributed by atoms with Crippen LogP contribution < -0.4 is 15.0 Å². The summed E-state index contributed by atoms with van der Waals surface area (Å²) in [5.41, 5.74) is 1.14. The van der Waals surface area contributed by atoms with E-state index in [0.29, 0.717) is 22.3 Å². The zero-order valence-corrected chi connectivity index (χ0v) is 17.3. The molecule has 1 N–H and O–H groups in total. The maximum Gasteiger partial charge on any atom is 0.255 e. The summed E-state index contributed by atoms with van der Waals surface area (Å²) in [6, 6.07) is 3.90. The number of anilines is 1. The molecule has 1 aromatic carbocycles. The maximum absolute atomic E-state index is 13.2. The number of ether oxygens (including phenoxy) is 1. The van der Waals surface area contributed by atoms with E-state index < -0.39 is 0 Å². The zero-order valence-electron chi connectivity index (χ0n) is 16.6. The fraction of sp³-hybridized carbons (Fsp3) is 0.667. The summed E-state index contributed by atoms with van der Waals surface area (Å²) >= 11 is 6.40. The Morgan fingerprint density at radius 3 is 2.70 bits per heavy atom. The number of halogens is 1. The Kier molecular flexibility index (Phi) is 5.02. The van der Waals surface area contributed by atoms with E-state index in [1.54, 1.807) is 6.07 Å². The van der Waals surface area contributed by atoms with Crippen molar-refractivity contribution in [1.29, 1.82) is 0 Å². The lowest BCUT2D eigenvalue weighted by Gasteiger charge is -2.45. The highest BCUT2D eigenvalue weighted by atomic mass is 35.5. The molecule has 4 aliphatic rings. The lowest BCUT2D eigenvalue weighted by atomic mass is 9.84. The van der Waals surface area contributed by atoms with Gasteiger partial charge < -0.3 is 19.9 Å². The maximum atomic E-state index is 13.2. The summed E-state index contributed by atoms with van der Waals surface area (Å²) in [6.07, 6.45) is 3.38. The summed E-state index contributed by atoms with van der Waals surface area (Å²) < 4.78 is 6.28. The van der Waals surface area contributed by atoms with Gasteiger partial charge in [0.05, 0.1) is 17.8 Å². The van der Waals surface area contributed by atoms with Gasteiger partial charge in [0.25, 0.3) is 5.91 Å². The number of nitrogens with zero attached hydrogens (tertiary/aromatic N) is 2. The van der Waals surface area contributed by atoms with E-state index >= 15 is 0 Å². The summed E-state index contributed by atoms with van der Waals surface area (Å²) in [5, 5.41) is 3.86. The van der Waals surface area contributed by atoms with E-state index in [9.17, 15) is 4.79 Å². The third kappa shape index (κ3) is 3.77. The molecule has 1 unspecified atom stereocenters. The highest BCUT2D eigenvalue weighted by molar-refractivity contribution is 6.31. The predicted octanol–water partition coefficient (Wildman–Crippen LogP) is 3.55. The van der Waals surface area contributed by atoms with Crippen LogP contribution in [0.15, 0.2) is 12.1 Å². The predicted molar refractivity (Wildman–Crippen MR) is 109 cm³/mol. The van der Waals surface area contributed by atoms with Gasteiger partial charge in [-0.3, -0.25) is 4.79 Å².